The topological polar surface area (TPSA) is 52.3 Å². The van der Waals surface area contributed by atoms with Gasteiger partial charge in [0.2, 0.25) is 0 Å². The van der Waals surface area contributed by atoms with Crippen LogP contribution in [-0.2, 0) is 0 Å². The zero-order valence-electron chi connectivity index (χ0n) is 11.2. The SMILES string of the molecule is CCCOc1ccccc1C(=O)c1ccc(N)c(F)c1. The molecule has 0 unspecified atom stereocenters. The van der Waals surface area contributed by atoms with Gasteiger partial charge in [-0.1, -0.05) is 19.1 Å². The van der Waals surface area contributed by atoms with Gasteiger partial charge >= 0.3 is 0 Å². The third kappa shape index (κ3) is 2.96. The molecule has 0 spiro atoms. The molecule has 0 saturated carbocycles. The molecule has 0 aliphatic heterocycles. The van der Waals surface area contributed by atoms with Gasteiger partial charge in [-0.15, -0.1) is 0 Å². The summed E-state index contributed by atoms with van der Waals surface area (Å²) < 4.78 is 19.0. The molecule has 2 aromatic rings. The lowest BCUT2D eigenvalue weighted by Crippen LogP contribution is -2.07. The summed E-state index contributed by atoms with van der Waals surface area (Å²) in [5.41, 5.74) is 6.11. The third-order valence-electron chi connectivity index (χ3n) is 2.86. The molecule has 0 atom stereocenters. The van der Waals surface area contributed by atoms with E-state index in [4.69, 9.17) is 10.5 Å². The minimum Gasteiger partial charge on any atom is -0.493 e. The molecule has 4 heteroatoms. The van der Waals surface area contributed by atoms with Crippen LogP contribution in [0.5, 0.6) is 5.75 Å². The zero-order valence-corrected chi connectivity index (χ0v) is 11.2. The molecule has 3 nitrogen and oxygen atoms in total. The van der Waals surface area contributed by atoms with Gasteiger partial charge < -0.3 is 10.5 Å². The Kier molecular flexibility index (Phi) is 4.35. The second-order valence-electron chi connectivity index (χ2n) is 4.41. The predicted octanol–water partition coefficient (Wildman–Crippen LogP) is 3.43. The van der Waals surface area contributed by atoms with E-state index in [1.54, 1.807) is 24.3 Å². The smallest absolute Gasteiger partial charge is 0.196 e. The Morgan fingerprint density at radius 2 is 2.00 bits per heavy atom. The largest absolute Gasteiger partial charge is 0.493 e. The maximum atomic E-state index is 13.4. The summed E-state index contributed by atoms with van der Waals surface area (Å²) in [6, 6.07) is 11.0. The van der Waals surface area contributed by atoms with Crippen LogP contribution in [0.4, 0.5) is 10.1 Å². The maximum absolute atomic E-state index is 13.4. The number of nitrogen functional groups attached to an aromatic ring is 1. The van der Waals surface area contributed by atoms with E-state index in [2.05, 4.69) is 0 Å². The molecule has 0 aliphatic carbocycles. The van der Waals surface area contributed by atoms with Gasteiger partial charge in [0.25, 0.3) is 0 Å². The van der Waals surface area contributed by atoms with Crippen LogP contribution in [-0.4, -0.2) is 12.4 Å². The lowest BCUT2D eigenvalue weighted by molar-refractivity contribution is 0.103. The van der Waals surface area contributed by atoms with Gasteiger partial charge in [-0.2, -0.15) is 0 Å². The van der Waals surface area contributed by atoms with Crippen molar-refractivity contribution in [1.29, 1.82) is 0 Å². The van der Waals surface area contributed by atoms with E-state index < -0.39 is 5.82 Å². The van der Waals surface area contributed by atoms with Crippen molar-refractivity contribution >= 4 is 11.5 Å². The molecule has 0 amide bonds. The highest BCUT2D eigenvalue weighted by Gasteiger charge is 2.15. The van der Waals surface area contributed by atoms with Gasteiger partial charge in [0.05, 0.1) is 17.9 Å². The second-order valence-corrected chi connectivity index (χ2v) is 4.41. The Morgan fingerprint density at radius 1 is 1.25 bits per heavy atom. The van der Waals surface area contributed by atoms with Crippen LogP contribution in [0.25, 0.3) is 0 Å². The number of benzene rings is 2. The number of hydrogen-bond donors (Lipinski definition) is 1. The average molecular weight is 273 g/mol. The fourth-order valence-corrected chi connectivity index (χ4v) is 1.82. The Balaban J connectivity index is 2.35. The number of rotatable bonds is 5. The van der Waals surface area contributed by atoms with Crippen LogP contribution >= 0.6 is 0 Å². The summed E-state index contributed by atoms with van der Waals surface area (Å²) in [6.45, 7) is 2.51. The monoisotopic (exact) mass is 273 g/mol. The fraction of sp³-hybridized carbons (Fsp3) is 0.188. The van der Waals surface area contributed by atoms with Crippen LogP contribution in [0, 0.1) is 5.82 Å². The van der Waals surface area contributed by atoms with Crippen molar-refractivity contribution in [3.63, 3.8) is 0 Å². The van der Waals surface area contributed by atoms with E-state index >= 15 is 0 Å². The van der Waals surface area contributed by atoms with Crippen molar-refractivity contribution in [2.24, 2.45) is 0 Å². The molecule has 2 rings (SSSR count). The van der Waals surface area contributed by atoms with Gasteiger partial charge in [-0.3, -0.25) is 4.79 Å². The quantitative estimate of drug-likeness (QED) is 0.670. The summed E-state index contributed by atoms with van der Waals surface area (Å²) in [7, 11) is 0. The molecule has 2 aromatic carbocycles. The van der Waals surface area contributed by atoms with Crippen molar-refractivity contribution < 1.29 is 13.9 Å². The Hall–Kier alpha value is -2.36. The molecule has 104 valence electrons. The van der Waals surface area contributed by atoms with E-state index in [0.717, 1.165) is 12.5 Å². The molecule has 20 heavy (non-hydrogen) atoms. The normalized spacial score (nSPS) is 10.3. The maximum Gasteiger partial charge on any atom is 0.196 e. The molecular formula is C16H16FNO2. The number of nitrogens with two attached hydrogens (primary N) is 1. The summed E-state index contributed by atoms with van der Waals surface area (Å²) in [6.07, 6.45) is 0.846. The molecule has 0 heterocycles. The van der Waals surface area contributed by atoms with Gasteiger partial charge in [-0.05, 0) is 36.8 Å². The van der Waals surface area contributed by atoms with Gasteiger partial charge in [0.1, 0.15) is 11.6 Å². The molecule has 0 saturated heterocycles. The molecule has 0 bridgehead atoms. The molecular weight excluding hydrogens is 257 g/mol. The minimum absolute atomic E-state index is 0.0251. The zero-order chi connectivity index (χ0) is 14.5. The number of halogens is 1. The summed E-state index contributed by atoms with van der Waals surface area (Å²) >= 11 is 0. The average Bonchev–Trinajstić information content (AvgIpc) is 2.47. The third-order valence-corrected chi connectivity index (χ3v) is 2.86. The number of hydrogen-bond acceptors (Lipinski definition) is 3. The molecule has 0 radical (unpaired) electrons. The van der Waals surface area contributed by atoms with Gasteiger partial charge in [0.15, 0.2) is 5.78 Å². The summed E-state index contributed by atoms with van der Waals surface area (Å²) in [5.74, 6) is -0.366. The van der Waals surface area contributed by atoms with Crippen molar-refractivity contribution in [2.75, 3.05) is 12.3 Å². The van der Waals surface area contributed by atoms with E-state index in [1.165, 1.54) is 12.1 Å². The van der Waals surface area contributed by atoms with Crippen molar-refractivity contribution in [3.05, 3.63) is 59.4 Å². The van der Waals surface area contributed by atoms with Crippen molar-refractivity contribution in [1.82, 2.24) is 0 Å². The van der Waals surface area contributed by atoms with Crippen LogP contribution in [0.15, 0.2) is 42.5 Å². The molecule has 2 N–H and O–H groups in total. The van der Waals surface area contributed by atoms with Crippen LogP contribution in [0.3, 0.4) is 0 Å². The highest BCUT2D eigenvalue weighted by molar-refractivity contribution is 6.10. The minimum atomic E-state index is -0.595. The first-order valence-corrected chi connectivity index (χ1v) is 6.45. The lowest BCUT2D eigenvalue weighted by Gasteiger charge is -2.10. The Bertz CT molecular complexity index is 626. The summed E-state index contributed by atoms with van der Waals surface area (Å²) in [4.78, 5) is 12.4. The molecule has 0 fully saturated rings. The van der Waals surface area contributed by atoms with Crippen molar-refractivity contribution in [2.45, 2.75) is 13.3 Å². The standard InChI is InChI=1S/C16H16FNO2/c1-2-9-20-15-6-4-3-5-12(15)16(19)11-7-8-14(18)13(17)10-11/h3-8,10H,2,9,18H2,1H3. The first kappa shape index (κ1) is 14.1. The van der Waals surface area contributed by atoms with E-state index in [0.29, 0.717) is 17.9 Å². The fourth-order valence-electron chi connectivity index (χ4n) is 1.82. The highest BCUT2D eigenvalue weighted by Crippen LogP contribution is 2.23. The molecule has 0 aliphatic rings. The summed E-state index contributed by atoms with van der Waals surface area (Å²) in [5, 5.41) is 0. The predicted molar refractivity (Wildman–Crippen MR) is 76.5 cm³/mol. The Labute approximate surface area is 117 Å². The number of ketones is 1. The van der Waals surface area contributed by atoms with Gasteiger partial charge in [0, 0.05) is 5.56 Å². The first-order valence-electron chi connectivity index (χ1n) is 6.45. The second kappa shape index (κ2) is 6.19. The van der Waals surface area contributed by atoms with Crippen LogP contribution in [0.2, 0.25) is 0 Å². The van der Waals surface area contributed by atoms with Crippen LogP contribution in [0.1, 0.15) is 29.3 Å². The lowest BCUT2D eigenvalue weighted by atomic mass is 10.0. The Morgan fingerprint density at radius 3 is 2.70 bits per heavy atom. The van der Waals surface area contributed by atoms with Crippen molar-refractivity contribution in [3.8, 4) is 5.75 Å². The number of para-hydroxylation sites is 1. The number of ether oxygens (including phenoxy) is 1. The number of anilines is 1. The first-order chi connectivity index (χ1) is 9.63. The number of carbonyl (C=O) groups excluding carboxylic acids is 1. The van der Waals surface area contributed by atoms with Gasteiger partial charge in [-0.25, -0.2) is 4.39 Å². The van der Waals surface area contributed by atoms with E-state index in [9.17, 15) is 9.18 Å². The van der Waals surface area contributed by atoms with E-state index in [1.807, 2.05) is 6.92 Å². The van der Waals surface area contributed by atoms with Crippen LogP contribution < -0.4 is 10.5 Å². The number of carbonyl (C=O) groups is 1. The highest BCUT2D eigenvalue weighted by atomic mass is 19.1. The van der Waals surface area contributed by atoms with E-state index in [-0.39, 0.29) is 17.0 Å². The molecule has 0 aromatic heterocycles.